The molecule has 126 valence electrons. The Morgan fingerprint density at radius 2 is 1.82 bits per heavy atom. The molecule has 0 heterocycles. The fourth-order valence-electron chi connectivity index (χ4n) is 2.18. The Balaban J connectivity index is 2.52. The SMILES string of the molecule is CCC(CO)(CO)NC[C@H](O)COc1ccccc1C(C)C. The summed E-state index contributed by atoms with van der Waals surface area (Å²) in [5.74, 6) is 1.13. The van der Waals surface area contributed by atoms with Crippen LogP contribution in [0, 0.1) is 0 Å². The summed E-state index contributed by atoms with van der Waals surface area (Å²) in [6, 6.07) is 7.79. The van der Waals surface area contributed by atoms with Gasteiger partial charge in [-0.2, -0.15) is 0 Å². The highest BCUT2D eigenvalue weighted by atomic mass is 16.5. The molecule has 0 amide bonds. The van der Waals surface area contributed by atoms with E-state index in [0.29, 0.717) is 12.3 Å². The van der Waals surface area contributed by atoms with Crippen LogP contribution in [0.2, 0.25) is 0 Å². The van der Waals surface area contributed by atoms with Crippen LogP contribution in [-0.2, 0) is 0 Å². The molecule has 5 heteroatoms. The fraction of sp³-hybridized carbons (Fsp3) is 0.647. The van der Waals surface area contributed by atoms with E-state index in [1.54, 1.807) is 0 Å². The number of aliphatic hydroxyl groups is 3. The molecule has 0 aliphatic heterocycles. The second kappa shape index (κ2) is 9.10. The van der Waals surface area contributed by atoms with Gasteiger partial charge in [-0.3, -0.25) is 0 Å². The summed E-state index contributed by atoms with van der Waals surface area (Å²) in [4.78, 5) is 0. The van der Waals surface area contributed by atoms with Gasteiger partial charge in [-0.1, -0.05) is 39.0 Å². The topological polar surface area (TPSA) is 82.0 Å². The summed E-state index contributed by atoms with van der Waals surface area (Å²) >= 11 is 0. The van der Waals surface area contributed by atoms with Crippen molar-refractivity contribution in [3.8, 4) is 5.75 Å². The first-order valence-electron chi connectivity index (χ1n) is 7.84. The normalized spacial score (nSPS) is 13.4. The van der Waals surface area contributed by atoms with E-state index in [2.05, 4.69) is 19.2 Å². The Kier molecular flexibility index (Phi) is 7.82. The molecule has 0 radical (unpaired) electrons. The Morgan fingerprint density at radius 1 is 1.18 bits per heavy atom. The average Bonchev–Trinajstić information content (AvgIpc) is 2.55. The molecule has 0 aromatic heterocycles. The fourth-order valence-corrected chi connectivity index (χ4v) is 2.18. The predicted octanol–water partition coefficient (Wildman–Crippen LogP) is 1.27. The third kappa shape index (κ3) is 5.25. The maximum Gasteiger partial charge on any atom is 0.122 e. The van der Waals surface area contributed by atoms with Crippen molar-refractivity contribution in [2.24, 2.45) is 0 Å². The van der Waals surface area contributed by atoms with Gasteiger partial charge in [0.05, 0.1) is 18.8 Å². The van der Waals surface area contributed by atoms with Crippen LogP contribution < -0.4 is 10.1 Å². The van der Waals surface area contributed by atoms with E-state index in [1.807, 2.05) is 31.2 Å². The van der Waals surface area contributed by atoms with E-state index >= 15 is 0 Å². The molecule has 0 saturated carbocycles. The van der Waals surface area contributed by atoms with Crippen LogP contribution in [-0.4, -0.2) is 53.3 Å². The smallest absolute Gasteiger partial charge is 0.122 e. The average molecular weight is 311 g/mol. The zero-order valence-corrected chi connectivity index (χ0v) is 13.7. The Hall–Kier alpha value is -1.14. The van der Waals surface area contributed by atoms with Gasteiger partial charge >= 0.3 is 0 Å². The van der Waals surface area contributed by atoms with Gasteiger partial charge in [0.2, 0.25) is 0 Å². The third-order valence-corrected chi connectivity index (χ3v) is 3.97. The first kappa shape index (κ1) is 18.9. The lowest BCUT2D eigenvalue weighted by Crippen LogP contribution is -2.54. The minimum absolute atomic E-state index is 0.160. The van der Waals surface area contributed by atoms with Gasteiger partial charge in [0, 0.05) is 6.54 Å². The number of rotatable bonds is 10. The zero-order chi connectivity index (χ0) is 16.6. The summed E-state index contributed by atoms with van der Waals surface area (Å²) in [5.41, 5.74) is 0.355. The predicted molar refractivity (Wildman–Crippen MR) is 87.2 cm³/mol. The van der Waals surface area contributed by atoms with Gasteiger partial charge in [-0.15, -0.1) is 0 Å². The molecular weight excluding hydrogens is 282 g/mol. The van der Waals surface area contributed by atoms with E-state index < -0.39 is 11.6 Å². The highest BCUT2D eigenvalue weighted by molar-refractivity contribution is 5.35. The Morgan fingerprint density at radius 3 is 2.36 bits per heavy atom. The molecule has 5 nitrogen and oxygen atoms in total. The van der Waals surface area contributed by atoms with Gasteiger partial charge in [0.15, 0.2) is 0 Å². The highest BCUT2D eigenvalue weighted by Gasteiger charge is 2.26. The molecule has 0 unspecified atom stereocenters. The van der Waals surface area contributed by atoms with E-state index in [0.717, 1.165) is 11.3 Å². The number of β-amino-alcohol motifs (C(OH)–C–C–N with tert-alkyl or cyclic N) is 1. The van der Waals surface area contributed by atoms with Gasteiger partial charge < -0.3 is 25.4 Å². The maximum atomic E-state index is 10.0. The van der Waals surface area contributed by atoms with Crippen molar-refractivity contribution in [1.29, 1.82) is 0 Å². The molecule has 1 atom stereocenters. The number of para-hydroxylation sites is 1. The summed E-state index contributed by atoms with van der Waals surface area (Å²) < 4.78 is 5.71. The molecule has 1 aromatic rings. The monoisotopic (exact) mass is 311 g/mol. The van der Waals surface area contributed by atoms with Crippen molar-refractivity contribution in [3.63, 3.8) is 0 Å². The first-order chi connectivity index (χ1) is 10.5. The zero-order valence-electron chi connectivity index (χ0n) is 13.7. The lowest BCUT2D eigenvalue weighted by atomic mass is 9.98. The number of hydrogen-bond donors (Lipinski definition) is 4. The van der Waals surface area contributed by atoms with Crippen molar-refractivity contribution < 1.29 is 20.1 Å². The van der Waals surface area contributed by atoms with Crippen LogP contribution in [0.5, 0.6) is 5.75 Å². The molecule has 1 rings (SSSR count). The standard InChI is InChI=1S/C17H29NO4/c1-4-17(11-19,12-20)18-9-14(21)10-22-16-8-6-5-7-15(16)13(2)3/h5-8,13-14,18-21H,4,9-12H2,1-3H3/t14-/m0/s1. The molecule has 1 aromatic carbocycles. The second-order valence-electron chi connectivity index (χ2n) is 5.99. The molecule has 0 aliphatic rings. The van der Waals surface area contributed by atoms with Crippen molar-refractivity contribution in [3.05, 3.63) is 29.8 Å². The number of aliphatic hydroxyl groups excluding tert-OH is 3. The first-order valence-corrected chi connectivity index (χ1v) is 7.84. The van der Waals surface area contributed by atoms with Gasteiger partial charge in [-0.05, 0) is 24.0 Å². The van der Waals surface area contributed by atoms with Crippen molar-refractivity contribution in [1.82, 2.24) is 5.32 Å². The van der Waals surface area contributed by atoms with Gasteiger partial charge in [0.25, 0.3) is 0 Å². The van der Waals surface area contributed by atoms with Crippen LogP contribution in [0.1, 0.15) is 38.7 Å². The Bertz CT molecular complexity index is 424. The van der Waals surface area contributed by atoms with Gasteiger partial charge in [0.1, 0.15) is 18.5 Å². The molecule has 0 saturated heterocycles. The van der Waals surface area contributed by atoms with E-state index in [1.165, 1.54) is 0 Å². The molecular formula is C17H29NO4. The van der Waals surface area contributed by atoms with E-state index in [4.69, 9.17) is 4.74 Å². The minimum atomic E-state index is -0.753. The molecule has 0 bridgehead atoms. The van der Waals surface area contributed by atoms with E-state index in [9.17, 15) is 15.3 Å². The summed E-state index contributed by atoms with van der Waals surface area (Å²) in [7, 11) is 0. The largest absolute Gasteiger partial charge is 0.491 e. The van der Waals surface area contributed by atoms with Crippen molar-refractivity contribution >= 4 is 0 Å². The maximum absolute atomic E-state index is 10.0. The van der Waals surface area contributed by atoms with Gasteiger partial charge in [-0.25, -0.2) is 0 Å². The summed E-state index contributed by atoms with van der Waals surface area (Å²) in [5, 5.41) is 31.8. The lowest BCUT2D eigenvalue weighted by Gasteiger charge is -2.31. The number of benzene rings is 1. The number of hydrogen-bond acceptors (Lipinski definition) is 5. The molecule has 4 N–H and O–H groups in total. The van der Waals surface area contributed by atoms with Crippen LogP contribution >= 0.6 is 0 Å². The lowest BCUT2D eigenvalue weighted by molar-refractivity contribution is 0.0566. The second-order valence-corrected chi connectivity index (χ2v) is 5.99. The minimum Gasteiger partial charge on any atom is -0.491 e. The quantitative estimate of drug-likeness (QED) is 0.523. The Labute approximate surface area is 132 Å². The molecule has 0 spiro atoms. The van der Waals surface area contributed by atoms with Crippen molar-refractivity contribution in [2.45, 2.75) is 44.8 Å². The summed E-state index contributed by atoms with van der Waals surface area (Å²) in [6.45, 7) is 6.12. The number of ether oxygens (including phenoxy) is 1. The molecule has 22 heavy (non-hydrogen) atoms. The third-order valence-electron chi connectivity index (χ3n) is 3.97. The van der Waals surface area contributed by atoms with Crippen LogP contribution in [0.3, 0.4) is 0 Å². The van der Waals surface area contributed by atoms with Crippen LogP contribution in [0.4, 0.5) is 0 Å². The van der Waals surface area contributed by atoms with E-state index in [-0.39, 0.29) is 26.4 Å². The number of nitrogens with one attached hydrogen (secondary N) is 1. The highest BCUT2D eigenvalue weighted by Crippen LogP contribution is 2.25. The van der Waals surface area contributed by atoms with Crippen LogP contribution in [0.15, 0.2) is 24.3 Å². The van der Waals surface area contributed by atoms with Crippen molar-refractivity contribution in [2.75, 3.05) is 26.4 Å². The summed E-state index contributed by atoms with van der Waals surface area (Å²) in [6.07, 6.45) is -0.145. The molecule has 0 aliphatic carbocycles. The van der Waals surface area contributed by atoms with Crippen LogP contribution in [0.25, 0.3) is 0 Å². The molecule has 0 fully saturated rings.